The van der Waals surface area contributed by atoms with E-state index in [1.54, 1.807) is 0 Å². The van der Waals surface area contributed by atoms with Crippen LogP contribution < -0.4 is 4.74 Å². The molecule has 5 heteroatoms. The number of benzene rings is 1. The molecule has 136 valence electrons. The third kappa shape index (κ3) is 3.97. The van der Waals surface area contributed by atoms with Crippen molar-refractivity contribution < 1.29 is 14.3 Å². The van der Waals surface area contributed by atoms with Gasteiger partial charge in [0.2, 0.25) is 5.91 Å². The number of carbonyl (C=O) groups is 2. The maximum atomic E-state index is 12.7. The first kappa shape index (κ1) is 17.8. The Morgan fingerprint density at radius 3 is 2.32 bits per heavy atom. The number of hydrogen-bond donors (Lipinski definition) is 0. The second-order valence-corrected chi connectivity index (χ2v) is 7.01. The Labute approximate surface area is 149 Å². The molecule has 3 rings (SSSR count). The summed E-state index contributed by atoms with van der Waals surface area (Å²) >= 11 is 0. The number of nitrogens with zero attached hydrogens (tertiary/aromatic N) is 2. The Morgan fingerprint density at radius 2 is 1.72 bits per heavy atom. The Kier molecular flexibility index (Phi) is 5.61. The summed E-state index contributed by atoms with van der Waals surface area (Å²) in [4.78, 5) is 29.0. The minimum absolute atomic E-state index is 0.0408. The van der Waals surface area contributed by atoms with Crippen molar-refractivity contribution in [1.82, 2.24) is 9.80 Å². The van der Waals surface area contributed by atoms with E-state index in [1.165, 1.54) is 12.8 Å². The molecule has 0 radical (unpaired) electrons. The molecule has 0 unspecified atom stereocenters. The number of rotatable bonds is 4. The van der Waals surface area contributed by atoms with Crippen molar-refractivity contribution in [2.24, 2.45) is 5.92 Å². The highest BCUT2D eigenvalue weighted by Gasteiger charge is 2.30. The third-order valence-corrected chi connectivity index (χ3v) is 5.30. The van der Waals surface area contributed by atoms with Crippen molar-refractivity contribution >= 4 is 11.8 Å². The molecule has 1 aliphatic carbocycles. The molecule has 1 aromatic carbocycles. The molecular weight excluding hydrogens is 316 g/mol. The molecule has 1 saturated carbocycles. The van der Waals surface area contributed by atoms with Crippen LogP contribution in [0.25, 0.3) is 0 Å². The van der Waals surface area contributed by atoms with Crippen LogP contribution in [-0.4, -0.2) is 54.4 Å². The number of ether oxygens (including phenoxy) is 1. The standard InChI is InChI=1S/C20H28N2O3/c1-3-25-18-9-8-17(14-15(18)2)20(24)22-12-10-21(11-13-22)19(23)16-6-4-5-7-16/h8-9,14,16H,3-7,10-13H2,1-2H3. The van der Waals surface area contributed by atoms with Gasteiger partial charge in [0.1, 0.15) is 5.75 Å². The smallest absolute Gasteiger partial charge is 0.253 e. The van der Waals surface area contributed by atoms with E-state index < -0.39 is 0 Å². The van der Waals surface area contributed by atoms with Crippen molar-refractivity contribution in [2.45, 2.75) is 39.5 Å². The second-order valence-electron chi connectivity index (χ2n) is 7.01. The second kappa shape index (κ2) is 7.89. The van der Waals surface area contributed by atoms with Gasteiger partial charge in [0.05, 0.1) is 6.61 Å². The first-order chi connectivity index (χ1) is 12.1. The molecule has 0 bridgehead atoms. The van der Waals surface area contributed by atoms with Gasteiger partial charge in [-0.2, -0.15) is 0 Å². The monoisotopic (exact) mass is 344 g/mol. The zero-order valence-corrected chi connectivity index (χ0v) is 15.3. The van der Waals surface area contributed by atoms with E-state index in [9.17, 15) is 9.59 Å². The van der Waals surface area contributed by atoms with Crippen molar-refractivity contribution in [3.05, 3.63) is 29.3 Å². The Bertz CT molecular complexity index is 630. The van der Waals surface area contributed by atoms with Crippen LogP contribution in [0.4, 0.5) is 0 Å². The molecule has 1 aromatic rings. The lowest BCUT2D eigenvalue weighted by atomic mass is 10.1. The summed E-state index contributed by atoms with van der Waals surface area (Å²) in [6.07, 6.45) is 4.41. The fourth-order valence-electron chi connectivity index (χ4n) is 3.84. The minimum atomic E-state index is 0.0408. The molecule has 1 heterocycles. The van der Waals surface area contributed by atoms with Gasteiger partial charge in [-0.05, 0) is 50.5 Å². The average Bonchev–Trinajstić information content (AvgIpc) is 3.17. The lowest BCUT2D eigenvalue weighted by Crippen LogP contribution is -2.51. The Balaban J connectivity index is 1.58. The largest absolute Gasteiger partial charge is 0.494 e. The van der Waals surface area contributed by atoms with Crippen molar-refractivity contribution in [3.63, 3.8) is 0 Å². The van der Waals surface area contributed by atoms with Gasteiger partial charge in [0, 0.05) is 37.7 Å². The molecule has 0 atom stereocenters. The first-order valence-electron chi connectivity index (χ1n) is 9.41. The van der Waals surface area contributed by atoms with Crippen LogP contribution >= 0.6 is 0 Å². The van der Waals surface area contributed by atoms with Crippen LogP contribution in [0.5, 0.6) is 5.75 Å². The Hall–Kier alpha value is -2.04. The number of piperazine rings is 1. The average molecular weight is 344 g/mol. The van der Waals surface area contributed by atoms with Gasteiger partial charge in [0.15, 0.2) is 0 Å². The molecule has 2 amide bonds. The SMILES string of the molecule is CCOc1ccc(C(=O)N2CCN(C(=O)C3CCCC3)CC2)cc1C. The summed E-state index contributed by atoms with van der Waals surface area (Å²) in [5, 5.41) is 0. The van der Waals surface area contributed by atoms with Crippen LogP contribution in [0, 0.1) is 12.8 Å². The van der Waals surface area contributed by atoms with E-state index in [2.05, 4.69) is 0 Å². The summed E-state index contributed by atoms with van der Waals surface area (Å²) in [6.45, 7) is 7.05. The molecule has 25 heavy (non-hydrogen) atoms. The van der Waals surface area contributed by atoms with Gasteiger partial charge in [-0.15, -0.1) is 0 Å². The third-order valence-electron chi connectivity index (χ3n) is 5.30. The van der Waals surface area contributed by atoms with Crippen LogP contribution in [-0.2, 0) is 4.79 Å². The molecule has 2 fully saturated rings. The highest BCUT2D eigenvalue weighted by Crippen LogP contribution is 2.27. The van der Waals surface area contributed by atoms with Gasteiger partial charge in [0.25, 0.3) is 5.91 Å². The quantitative estimate of drug-likeness (QED) is 0.844. The fourth-order valence-corrected chi connectivity index (χ4v) is 3.84. The summed E-state index contributed by atoms with van der Waals surface area (Å²) in [5.41, 5.74) is 1.67. The maximum absolute atomic E-state index is 12.7. The van der Waals surface area contributed by atoms with E-state index in [0.717, 1.165) is 24.2 Å². The van der Waals surface area contributed by atoms with Gasteiger partial charge >= 0.3 is 0 Å². The maximum Gasteiger partial charge on any atom is 0.253 e. The number of hydrogen-bond acceptors (Lipinski definition) is 3. The minimum Gasteiger partial charge on any atom is -0.494 e. The number of aryl methyl sites for hydroxylation is 1. The van der Waals surface area contributed by atoms with Gasteiger partial charge in [-0.1, -0.05) is 12.8 Å². The summed E-state index contributed by atoms with van der Waals surface area (Å²) in [7, 11) is 0. The lowest BCUT2D eigenvalue weighted by Gasteiger charge is -2.36. The van der Waals surface area contributed by atoms with Crippen LogP contribution in [0.3, 0.4) is 0 Å². The number of carbonyl (C=O) groups excluding carboxylic acids is 2. The zero-order valence-electron chi connectivity index (χ0n) is 15.3. The van der Waals surface area contributed by atoms with E-state index in [-0.39, 0.29) is 11.8 Å². The summed E-state index contributed by atoms with van der Waals surface area (Å²) in [6, 6.07) is 5.59. The predicted octanol–water partition coefficient (Wildman–Crippen LogP) is 2.87. The molecule has 1 aliphatic heterocycles. The van der Waals surface area contributed by atoms with Gasteiger partial charge < -0.3 is 14.5 Å². The normalized spacial score (nSPS) is 18.5. The van der Waals surface area contributed by atoms with Crippen molar-refractivity contribution in [2.75, 3.05) is 32.8 Å². The highest BCUT2D eigenvalue weighted by atomic mass is 16.5. The molecule has 1 saturated heterocycles. The first-order valence-corrected chi connectivity index (χ1v) is 9.41. The highest BCUT2D eigenvalue weighted by molar-refractivity contribution is 5.94. The van der Waals surface area contributed by atoms with Gasteiger partial charge in [-0.3, -0.25) is 9.59 Å². The van der Waals surface area contributed by atoms with E-state index in [0.29, 0.717) is 44.3 Å². The lowest BCUT2D eigenvalue weighted by molar-refractivity contribution is -0.136. The zero-order chi connectivity index (χ0) is 17.8. The van der Waals surface area contributed by atoms with Crippen LogP contribution in [0.1, 0.15) is 48.5 Å². The molecule has 2 aliphatic rings. The van der Waals surface area contributed by atoms with E-state index in [4.69, 9.17) is 4.74 Å². The Morgan fingerprint density at radius 1 is 1.08 bits per heavy atom. The molecule has 0 spiro atoms. The molecule has 0 aromatic heterocycles. The fraction of sp³-hybridized carbons (Fsp3) is 0.600. The van der Waals surface area contributed by atoms with Gasteiger partial charge in [-0.25, -0.2) is 0 Å². The predicted molar refractivity (Wildman–Crippen MR) is 96.8 cm³/mol. The summed E-state index contributed by atoms with van der Waals surface area (Å²) < 4.78 is 5.54. The number of amides is 2. The molecule has 0 N–H and O–H groups in total. The van der Waals surface area contributed by atoms with E-state index in [1.807, 2.05) is 41.8 Å². The van der Waals surface area contributed by atoms with Crippen molar-refractivity contribution in [1.29, 1.82) is 0 Å². The van der Waals surface area contributed by atoms with Crippen LogP contribution in [0.2, 0.25) is 0 Å². The summed E-state index contributed by atoms with van der Waals surface area (Å²) in [5.74, 6) is 1.38. The topological polar surface area (TPSA) is 49.9 Å². The van der Waals surface area contributed by atoms with Crippen molar-refractivity contribution in [3.8, 4) is 5.75 Å². The van der Waals surface area contributed by atoms with E-state index >= 15 is 0 Å². The molecular formula is C20H28N2O3. The molecule has 5 nitrogen and oxygen atoms in total. The van der Waals surface area contributed by atoms with Crippen LogP contribution in [0.15, 0.2) is 18.2 Å².